The third-order valence-corrected chi connectivity index (χ3v) is 5.64. The Morgan fingerprint density at radius 3 is 3.12 bits per heavy atom. The summed E-state index contributed by atoms with van der Waals surface area (Å²) in [6.45, 7) is 1.28. The van der Waals surface area contributed by atoms with Crippen molar-refractivity contribution in [2.75, 3.05) is 6.54 Å². The van der Waals surface area contributed by atoms with Crippen LogP contribution in [0.1, 0.15) is 37.7 Å². The molecule has 128 valence electrons. The second kappa shape index (κ2) is 6.42. The number of piperidine rings is 2. The molecule has 1 aromatic heterocycles. The van der Waals surface area contributed by atoms with E-state index in [-0.39, 0.29) is 24.0 Å². The van der Waals surface area contributed by atoms with Gasteiger partial charge in [-0.3, -0.25) is 9.78 Å². The molecule has 0 spiro atoms. The first-order valence-corrected chi connectivity index (χ1v) is 8.86. The van der Waals surface area contributed by atoms with Gasteiger partial charge in [0.15, 0.2) is 0 Å². The third-order valence-electron chi connectivity index (χ3n) is 5.64. The second-order valence-corrected chi connectivity index (χ2v) is 7.09. The highest BCUT2D eigenvalue weighted by atomic mass is 16.6. The summed E-state index contributed by atoms with van der Waals surface area (Å²) in [4.78, 5) is 30.8. The van der Waals surface area contributed by atoms with E-state index in [4.69, 9.17) is 4.74 Å². The molecule has 2 saturated heterocycles. The maximum atomic E-state index is 12.5. The van der Waals surface area contributed by atoms with Gasteiger partial charge < -0.3 is 15.0 Å². The van der Waals surface area contributed by atoms with Crippen LogP contribution in [-0.2, 0) is 16.1 Å². The molecular formula is C18H23N3O3. The summed E-state index contributed by atoms with van der Waals surface area (Å²) in [5.41, 5.74) is 0.938. The molecule has 3 fully saturated rings. The zero-order valence-corrected chi connectivity index (χ0v) is 13.7. The smallest absolute Gasteiger partial charge is 0.407 e. The van der Waals surface area contributed by atoms with Crippen LogP contribution in [0.15, 0.2) is 24.5 Å². The predicted molar refractivity (Wildman–Crippen MR) is 86.9 cm³/mol. The third kappa shape index (κ3) is 2.85. The van der Waals surface area contributed by atoms with Crippen LogP contribution in [-0.4, -0.2) is 40.6 Å². The Morgan fingerprint density at radius 2 is 2.29 bits per heavy atom. The predicted octanol–water partition coefficient (Wildman–Crippen LogP) is 2.10. The number of rotatable bonds is 3. The minimum atomic E-state index is -0.397. The van der Waals surface area contributed by atoms with Crippen LogP contribution >= 0.6 is 0 Å². The first-order chi connectivity index (χ1) is 11.7. The first kappa shape index (κ1) is 15.4. The molecule has 1 saturated carbocycles. The SMILES string of the molecule is O=C(NCc1cccnc1)O[C@@H]1C[C@H]2C[C@@H]1[C@H]1CCCCN1C2=O. The van der Waals surface area contributed by atoms with Crippen molar-refractivity contribution in [3.05, 3.63) is 30.1 Å². The Balaban J connectivity index is 1.37. The fourth-order valence-corrected chi connectivity index (χ4v) is 4.54. The van der Waals surface area contributed by atoms with Crippen molar-refractivity contribution in [2.45, 2.75) is 50.8 Å². The summed E-state index contributed by atoms with van der Waals surface area (Å²) >= 11 is 0. The Labute approximate surface area is 141 Å². The maximum absolute atomic E-state index is 12.5. The van der Waals surface area contributed by atoms with Gasteiger partial charge in [-0.2, -0.15) is 0 Å². The number of pyridine rings is 1. The van der Waals surface area contributed by atoms with Gasteiger partial charge in [0.05, 0.1) is 0 Å². The van der Waals surface area contributed by atoms with E-state index in [0.29, 0.717) is 18.9 Å². The molecule has 2 aliphatic heterocycles. The number of fused-ring (bicyclic) bond motifs is 4. The molecule has 1 aromatic rings. The lowest BCUT2D eigenvalue weighted by Crippen LogP contribution is -2.53. The highest BCUT2D eigenvalue weighted by Gasteiger charge is 2.52. The van der Waals surface area contributed by atoms with Gasteiger partial charge in [0.1, 0.15) is 6.10 Å². The molecule has 4 rings (SSSR count). The average Bonchev–Trinajstić information content (AvgIpc) is 2.99. The van der Waals surface area contributed by atoms with Crippen molar-refractivity contribution in [3.63, 3.8) is 0 Å². The number of nitrogens with one attached hydrogen (secondary N) is 1. The van der Waals surface area contributed by atoms with Crippen LogP contribution in [0.25, 0.3) is 0 Å². The van der Waals surface area contributed by atoms with Crippen molar-refractivity contribution < 1.29 is 14.3 Å². The number of alkyl carbamates (subject to hydrolysis) is 1. The van der Waals surface area contributed by atoms with Crippen LogP contribution in [0.4, 0.5) is 4.79 Å². The van der Waals surface area contributed by atoms with E-state index in [0.717, 1.165) is 37.8 Å². The normalized spacial score (nSPS) is 31.5. The van der Waals surface area contributed by atoms with Crippen molar-refractivity contribution in [1.82, 2.24) is 15.2 Å². The average molecular weight is 329 g/mol. The van der Waals surface area contributed by atoms with E-state index in [1.54, 1.807) is 12.4 Å². The van der Waals surface area contributed by atoms with Gasteiger partial charge in [0.2, 0.25) is 5.91 Å². The molecule has 2 amide bonds. The zero-order valence-electron chi connectivity index (χ0n) is 13.7. The number of aromatic nitrogens is 1. The van der Waals surface area contributed by atoms with Gasteiger partial charge in [-0.15, -0.1) is 0 Å². The fourth-order valence-electron chi connectivity index (χ4n) is 4.54. The molecule has 3 heterocycles. The summed E-state index contributed by atoms with van der Waals surface area (Å²) < 4.78 is 5.69. The van der Waals surface area contributed by atoms with Gasteiger partial charge in [-0.05, 0) is 43.7 Å². The number of amides is 2. The van der Waals surface area contributed by atoms with Crippen molar-refractivity contribution in [1.29, 1.82) is 0 Å². The van der Waals surface area contributed by atoms with E-state index in [2.05, 4.69) is 15.2 Å². The highest BCUT2D eigenvalue weighted by Crippen LogP contribution is 2.45. The Bertz CT molecular complexity index is 621. The summed E-state index contributed by atoms with van der Waals surface area (Å²) in [6, 6.07) is 4.02. The van der Waals surface area contributed by atoms with Gasteiger partial charge in [-0.25, -0.2) is 4.79 Å². The van der Waals surface area contributed by atoms with E-state index in [1.807, 2.05) is 12.1 Å². The van der Waals surface area contributed by atoms with Gasteiger partial charge >= 0.3 is 6.09 Å². The Kier molecular flexibility index (Phi) is 4.12. The molecule has 2 bridgehead atoms. The molecule has 0 aromatic carbocycles. The standard InChI is InChI=1S/C18H23N3O3/c22-17-13-8-14(15-5-1-2-7-21(15)17)16(9-13)24-18(23)20-11-12-4-3-6-19-10-12/h3-4,6,10,13-16H,1-2,5,7-9,11H2,(H,20,23)/t13-,14-,15-,16-/m1/s1. The molecule has 1 aliphatic carbocycles. The summed E-state index contributed by atoms with van der Waals surface area (Å²) in [5.74, 6) is 0.621. The molecule has 1 N–H and O–H groups in total. The number of carbonyl (C=O) groups is 2. The number of nitrogens with zero attached hydrogens (tertiary/aromatic N) is 2. The summed E-state index contributed by atoms with van der Waals surface area (Å²) in [7, 11) is 0. The van der Waals surface area contributed by atoms with Crippen molar-refractivity contribution in [3.8, 4) is 0 Å². The number of hydrogen-bond acceptors (Lipinski definition) is 4. The van der Waals surface area contributed by atoms with E-state index in [9.17, 15) is 9.59 Å². The number of hydrogen-bond donors (Lipinski definition) is 1. The first-order valence-electron chi connectivity index (χ1n) is 8.86. The van der Waals surface area contributed by atoms with Gasteiger partial charge in [-0.1, -0.05) is 6.07 Å². The van der Waals surface area contributed by atoms with E-state index < -0.39 is 6.09 Å². The second-order valence-electron chi connectivity index (χ2n) is 7.09. The highest BCUT2D eigenvalue weighted by molar-refractivity contribution is 5.81. The summed E-state index contributed by atoms with van der Waals surface area (Å²) in [6.07, 6.45) is 7.74. The zero-order chi connectivity index (χ0) is 16.5. The molecule has 0 radical (unpaired) electrons. The molecule has 6 nitrogen and oxygen atoms in total. The molecule has 4 atom stereocenters. The number of ether oxygens (including phenoxy) is 1. The quantitative estimate of drug-likeness (QED) is 0.922. The molecule has 0 unspecified atom stereocenters. The van der Waals surface area contributed by atoms with Crippen LogP contribution in [0.3, 0.4) is 0 Å². The van der Waals surface area contributed by atoms with Crippen LogP contribution in [0, 0.1) is 11.8 Å². The Morgan fingerprint density at radius 1 is 1.38 bits per heavy atom. The van der Waals surface area contributed by atoms with Crippen molar-refractivity contribution in [2.24, 2.45) is 11.8 Å². The van der Waals surface area contributed by atoms with E-state index in [1.165, 1.54) is 0 Å². The lowest BCUT2D eigenvalue weighted by Gasteiger charge is -2.43. The lowest BCUT2D eigenvalue weighted by atomic mass is 9.84. The molecule has 6 heteroatoms. The Hall–Kier alpha value is -2.11. The monoisotopic (exact) mass is 329 g/mol. The van der Waals surface area contributed by atoms with Crippen molar-refractivity contribution >= 4 is 12.0 Å². The lowest BCUT2D eigenvalue weighted by molar-refractivity contribution is -0.143. The molecular weight excluding hydrogens is 306 g/mol. The number of carbonyl (C=O) groups excluding carboxylic acids is 2. The maximum Gasteiger partial charge on any atom is 0.407 e. The molecule has 3 aliphatic rings. The van der Waals surface area contributed by atoms with Gasteiger partial charge in [0.25, 0.3) is 0 Å². The van der Waals surface area contributed by atoms with Crippen LogP contribution in [0.5, 0.6) is 0 Å². The fraction of sp³-hybridized carbons (Fsp3) is 0.611. The van der Waals surface area contributed by atoms with Gasteiger partial charge in [0, 0.05) is 43.4 Å². The summed E-state index contributed by atoms with van der Waals surface area (Å²) in [5, 5.41) is 2.79. The van der Waals surface area contributed by atoms with E-state index >= 15 is 0 Å². The topological polar surface area (TPSA) is 71.5 Å². The van der Waals surface area contributed by atoms with Crippen LogP contribution in [0.2, 0.25) is 0 Å². The van der Waals surface area contributed by atoms with Crippen LogP contribution < -0.4 is 5.32 Å². The minimum Gasteiger partial charge on any atom is -0.446 e. The molecule has 24 heavy (non-hydrogen) atoms. The largest absolute Gasteiger partial charge is 0.446 e. The minimum absolute atomic E-state index is 0.0421.